The van der Waals surface area contributed by atoms with Gasteiger partial charge in [0.05, 0.1) is 0 Å². The van der Waals surface area contributed by atoms with E-state index in [1.165, 1.54) is 12.1 Å². The Balaban J connectivity index is 2.02. The number of halogens is 2. The zero-order valence-electron chi connectivity index (χ0n) is 11.9. The van der Waals surface area contributed by atoms with Gasteiger partial charge in [0.1, 0.15) is 11.6 Å². The van der Waals surface area contributed by atoms with E-state index in [4.69, 9.17) is 16.3 Å². The van der Waals surface area contributed by atoms with Gasteiger partial charge in [0.25, 0.3) is 0 Å². The van der Waals surface area contributed by atoms with Gasteiger partial charge < -0.3 is 4.74 Å². The summed E-state index contributed by atoms with van der Waals surface area (Å²) in [6.07, 6.45) is -0.374. The lowest BCUT2D eigenvalue weighted by Crippen LogP contribution is -2.25. The Morgan fingerprint density at radius 3 is 2.71 bits per heavy atom. The van der Waals surface area contributed by atoms with Gasteiger partial charge in [-0.3, -0.25) is 4.79 Å². The predicted molar refractivity (Wildman–Crippen MR) is 81.4 cm³/mol. The van der Waals surface area contributed by atoms with Crippen LogP contribution in [-0.4, -0.2) is 11.9 Å². The summed E-state index contributed by atoms with van der Waals surface area (Å²) in [4.78, 5) is 12.2. The maximum absolute atomic E-state index is 13.0. The third-order valence-electron chi connectivity index (χ3n) is 3.23. The Morgan fingerprint density at radius 1 is 1.29 bits per heavy atom. The van der Waals surface area contributed by atoms with Crippen molar-refractivity contribution in [2.24, 2.45) is 0 Å². The SMILES string of the molecule is Cc1cc(F)ccc1CC(=O)C(C)Oc1cccc(Cl)c1. The monoisotopic (exact) mass is 306 g/mol. The third-order valence-corrected chi connectivity index (χ3v) is 3.47. The van der Waals surface area contributed by atoms with E-state index in [9.17, 15) is 9.18 Å². The molecule has 1 unspecified atom stereocenters. The molecule has 110 valence electrons. The Kier molecular flexibility index (Phi) is 4.97. The standard InChI is InChI=1S/C17H16ClFO2/c1-11-8-15(19)7-6-13(11)9-17(20)12(2)21-16-5-3-4-14(18)10-16/h3-8,10,12H,9H2,1-2H3. The largest absolute Gasteiger partial charge is 0.483 e. The van der Waals surface area contributed by atoms with E-state index in [2.05, 4.69) is 0 Å². The van der Waals surface area contributed by atoms with Crippen LogP contribution in [0.5, 0.6) is 5.75 Å². The van der Waals surface area contributed by atoms with E-state index in [1.54, 1.807) is 44.2 Å². The van der Waals surface area contributed by atoms with Gasteiger partial charge in [0, 0.05) is 11.4 Å². The zero-order valence-corrected chi connectivity index (χ0v) is 12.7. The number of Topliss-reactive ketones (excluding diaryl/α,β-unsaturated/α-hetero) is 1. The van der Waals surface area contributed by atoms with Crippen LogP contribution < -0.4 is 4.74 Å². The first kappa shape index (κ1) is 15.5. The molecule has 21 heavy (non-hydrogen) atoms. The normalized spacial score (nSPS) is 12.0. The van der Waals surface area contributed by atoms with Crippen molar-refractivity contribution in [3.05, 3.63) is 64.4 Å². The van der Waals surface area contributed by atoms with E-state index in [0.29, 0.717) is 10.8 Å². The smallest absolute Gasteiger partial charge is 0.177 e. The molecule has 2 aromatic rings. The fraction of sp³-hybridized carbons (Fsp3) is 0.235. The molecule has 0 spiro atoms. The summed E-state index contributed by atoms with van der Waals surface area (Å²) >= 11 is 5.87. The highest BCUT2D eigenvalue weighted by molar-refractivity contribution is 6.30. The molecule has 0 aliphatic rings. The molecule has 0 saturated carbocycles. The molecule has 1 atom stereocenters. The van der Waals surface area contributed by atoms with Crippen LogP contribution in [0, 0.1) is 12.7 Å². The van der Waals surface area contributed by atoms with Crippen LogP contribution in [0.2, 0.25) is 5.02 Å². The summed E-state index contributed by atoms with van der Waals surface area (Å²) in [7, 11) is 0. The minimum Gasteiger partial charge on any atom is -0.483 e. The molecule has 0 heterocycles. The van der Waals surface area contributed by atoms with Crippen LogP contribution in [0.25, 0.3) is 0 Å². The van der Waals surface area contributed by atoms with Crippen molar-refractivity contribution in [1.29, 1.82) is 0 Å². The molecule has 0 aliphatic carbocycles. The number of ether oxygens (including phenoxy) is 1. The highest BCUT2D eigenvalue weighted by Crippen LogP contribution is 2.19. The first-order valence-electron chi connectivity index (χ1n) is 6.65. The van der Waals surface area contributed by atoms with Gasteiger partial charge in [-0.1, -0.05) is 23.7 Å². The van der Waals surface area contributed by atoms with Crippen LogP contribution in [0.3, 0.4) is 0 Å². The Hall–Kier alpha value is -1.87. The molecule has 0 radical (unpaired) electrons. The molecule has 2 aromatic carbocycles. The molecular formula is C17H16ClFO2. The van der Waals surface area contributed by atoms with Gasteiger partial charge in [-0.05, 0) is 55.3 Å². The lowest BCUT2D eigenvalue weighted by Gasteiger charge is -2.14. The fourth-order valence-corrected chi connectivity index (χ4v) is 2.18. The van der Waals surface area contributed by atoms with Crippen molar-refractivity contribution in [2.75, 3.05) is 0 Å². The van der Waals surface area contributed by atoms with Crippen LogP contribution in [0.1, 0.15) is 18.1 Å². The second kappa shape index (κ2) is 6.72. The summed E-state index contributed by atoms with van der Waals surface area (Å²) in [5, 5.41) is 0.557. The van der Waals surface area contributed by atoms with Crippen LogP contribution in [-0.2, 0) is 11.2 Å². The lowest BCUT2D eigenvalue weighted by atomic mass is 10.0. The Bertz CT molecular complexity index is 655. The molecule has 0 saturated heterocycles. The maximum atomic E-state index is 13.0. The number of hydrogen-bond acceptors (Lipinski definition) is 2. The van der Waals surface area contributed by atoms with Gasteiger partial charge in [0.15, 0.2) is 11.9 Å². The third kappa shape index (κ3) is 4.30. The zero-order chi connectivity index (χ0) is 15.4. The van der Waals surface area contributed by atoms with Crippen LogP contribution in [0.15, 0.2) is 42.5 Å². The van der Waals surface area contributed by atoms with Crippen LogP contribution >= 0.6 is 11.6 Å². The van der Waals surface area contributed by atoms with Crippen molar-refractivity contribution in [1.82, 2.24) is 0 Å². The molecule has 0 N–H and O–H groups in total. The number of hydrogen-bond donors (Lipinski definition) is 0. The van der Waals surface area contributed by atoms with Gasteiger partial charge >= 0.3 is 0 Å². The Labute approximate surface area is 128 Å². The predicted octanol–water partition coefficient (Wildman–Crippen LogP) is 4.37. The number of carbonyl (C=O) groups is 1. The number of ketones is 1. The van der Waals surface area contributed by atoms with E-state index in [0.717, 1.165) is 11.1 Å². The van der Waals surface area contributed by atoms with Crippen molar-refractivity contribution in [3.8, 4) is 5.75 Å². The second-order valence-corrected chi connectivity index (χ2v) is 5.37. The lowest BCUT2D eigenvalue weighted by molar-refractivity contribution is -0.124. The molecule has 0 bridgehead atoms. The number of aryl methyl sites for hydroxylation is 1. The number of carbonyl (C=O) groups excluding carboxylic acids is 1. The molecule has 4 heteroatoms. The summed E-state index contributed by atoms with van der Waals surface area (Å²) in [5.41, 5.74) is 1.57. The molecular weight excluding hydrogens is 291 g/mol. The summed E-state index contributed by atoms with van der Waals surface area (Å²) < 4.78 is 18.6. The summed E-state index contributed by atoms with van der Waals surface area (Å²) in [5.74, 6) is 0.191. The van der Waals surface area contributed by atoms with Gasteiger partial charge in [-0.25, -0.2) is 4.39 Å². The van der Waals surface area contributed by atoms with E-state index >= 15 is 0 Å². The molecule has 0 aliphatic heterocycles. The van der Waals surface area contributed by atoms with Gasteiger partial charge in [-0.2, -0.15) is 0 Å². The average Bonchev–Trinajstić information content (AvgIpc) is 2.41. The average molecular weight is 307 g/mol. The van der Waals surface area contributed by atoms with E-state index < -0.39 is 6.10 Å². The number of rotatable bonds is 5. The van der Waals surface area contributed by atoms with Crippen molar-refractivity contribution in [2.45, 2.75) is 26.4 Å². The van der Waals surface area contributed by atoms with Gasteiger partial charge in [0.2, 0.25) is 0 Å². The summed E-state index contributed by atoms with van der Waals surface area (Å²) in [6.45, 7) is 3.48. The molecule has 2 rings (SSSR count). The van der Waals surface area contributed by atoms with Crippen LogP contribution in [0.4, 0.5) is 4.39 Å². The molecule has 0 fully saturated rings. The highest BCUT2D eigenvalue weighted by Gasteiger charge is 2.16. The van der Waals surface area contributed by atoms with Crippen molar-refractivity contribution < 1.29 is 13.9 Å². The van der Waals surface area contributed by atoms with E-state index in [1.807, 2.05) is 0 Å². The molecule has 0 amide bonds. The first-order valence-corrected chi connectivity index (χ1v) is 7.03. The quantitative estimate of drug-likeness (QED) is 0.820. The molecule has 2 nitrogen and oxygen atoms in total. The highest BCUT2D eigenvalue weighted by atomic mass is 35.5. The Morgan fingerprint density at radius 2 is 2.05 bits per heavy atom. The second-order valence-electron chi connectivity index (χ2n) is 4.93. The van der Waals surface area contributed by atoms with Crippen molar-refractivity contribution in [3.63, 3.8) is 0 Å². The first-order chi connectivity index (χ1) is 9.95. The minimum absolute atomic E-state index is 0.0651. The topological polar surface area (TPSA) is 26.3 Å². The van der Waals surface area contributed by atoms with Gasteiger partial charge in [-0.15, -0.1) is 0 Å². The maximum Gasteiger partial charge on any atom is 0.177 e. The fourth-order valence-electron chi connectivity index (χ4n) is 2.00. The van der Waals surface area contributed by atoms with E-state index in [-0.39, 0.29) is 18.0 Å². The van der Waals surface area contributed by atoms with Crippen molar-refractivity contribution >= 4 is 17.4 Å². The molecule has 0 aromatic heterocycles. The minimum atomic E-state index is -0.590. The summed E-state index contributed by atoms with van der Waals surface area (Å²) in [6, 6.07) is 11.3. The number of benzene rings is 2.